The molecule has 3 unspecified atom stereocenters. The summed E-state index contributed by atoms with van der Waals surface area (Å²) < 4.78 is 32.5. The third-order valence-corrected chi connectivity index (χ3v) is 8.85. The Kier molecular flexibility index (Phi) is 32.3. The van der Waals surface area contributed by atoms with E-state index in [-0.39, 0.29) is 19.4 Å². The first-order valence-electron chi connectivity index (χ1n) is 19.0. The Morgan fingerprint density at radius 2 is 1.12 bits per heavy atom. The highest BCUT2D eigenvalue weighted by Gasteiger charge is 2.28. The third kappa shape index (κ3) is 32.9. The van der Waals surface area contributed by atoms with E-state index < -0.39 is 51.1 Å². The highest BCUT2D eigenvalue weighted by molar-refractivity contribution is 7.47. The smallest absolute Gasteiger partial charge is 0.472 e. The number of unbranched alkanes of at least 4 members (excludes halogenated alkanes) is 15. The molecule has 4 N–H and O–H groups in total. The number of carboxylic acids is 1. The number of phosphoric acid groups is 1. The number of nitrogens with two attached hydrogens (primary N) is 1. The van der Waals surface area contributed by atoms with Gasteiger partial charge in [0.05, 0.1) is 13.2 Å². The molecule has 0 fully saturated rings. The molecule has 0 aliphatic heterocycles. The third-order valence-electron chi connectivity index (χ3n) is 7.90. The Labute approximate surface area is 302 Å². The summed E-state index contributed by atoms with van der Waals surface area (Å²) in [6, 6.07) is -1.52. The lowest BCUT2D eigenvalue weighted by Crippen LogP contribution is -2.34. The van der Waals surface area contributed by atoms with Crippen molar-refractivity contribution in [3.63, 3.8) is 0 Å². The second-order valence-corrected chi connectivity index (χ2v) is 14.1. The van der Waals surface area contributed by atoms with Crippen molar-refractivity contribution < 1.29 is 47.5 Å². The lowest BCUT2D eigenvalue weighted by atomic mass is 10.1. The van der Waals surface area contributed by atoms with Crippen molar-refractivity contribution in [2.75, 3.05) is 19.8 Å². The van der Waals surface area contributed by atoms with E-state index in [0.29, 0.717) is 12.8 Å². The van der Waals surface area contributed by atoms with Crippen LogP contribution in [-0.4, -0.2) is 59.9 Å². The zero-order valence-electron chi connectivity index (χ0n) is 31.0. The molecule has 0 spiro atoms. The van der Waals surface area contributed by atoms with E-state index >= 15 is 0 Å². The molecular formula is C38H68NO10P. The average molecular weight is 730 g/mol. The fourth-order valence-electron chi connectivity index (χ4n) is 4.90. The van der Waals surface area contributed by atoms with Crippen molar-refractivity contribution in [3.8, 4) is 0 Å². The molecule has 0 saturated heterocycles. The predicted octanol–water partition coefficient (Wildman–Crippen LogP) is 9.28. The van der Waals surface area contributed by atoms with Gasteiger partial charge in [0.15, 0.2) is 6.10 Å². The zero-order valence-corrected chi connectivity index (χ0v) is 31.9. The van der Waals surface area contributed by atoms with Crippen LogP contribution in [0.15, 0.2) is 36.5 Å². The molecule has 0 aromatic heterocycles. The number of carbonyl (C=O) groups excluding carboxylic acids is 2. The number of ether oxygens (including phenoxy) is 2. The standard InChI is InChI=1S/C38H68NO10P/c1-3-5-7-9-11-13-15-16-17-18-20-22-24-26-28-30-37(41)49-34(32-47-50(44,45)48-33-35(39)38(42)43)31-46-36(40)29-27-25-23-21-19-14-12-10-8-6-4-2/h5,7,11,13,16-17,34-35H,3-4,6,8-10,12,14-15,18-33,39H2,1-2H3,(H,42,43)(H,44,45)/b7-5-,13-11-,17-16-. The summed E-state index contributed by atoms with van der Waals surface area (Å²) >= 11 is 0. The summed E-state index contributed by atoms with van der Waals surface area (Å²) in [7, 11) is -4.71. The Bertz CT molecular complexity index is 1000. The average Bonchev–Trinajstić information content (AvgIpc) is 3.09. The SMILES string of the molecule is CC/C=C\C/C=C\C/C=C\CCCCCCCC(=O)OC(COC(=O)CCCCCCCCCCCCC)COP(=O)(O)OCC(N)C(=O)O. The van der Waals surface area contributed by atoms with Crippen molar-refractivity contribution in [2.24, 2.45) is 5.73 Å². The first-order valence-corrected chi connectivity index (χ1v) is 20.5. The molecule has 11 nitrogen and oxygen atoms in total. The van der Waals surface area contributed by atoms with E-state index in [1.165, 1.54) is 44.9 Å². The van der Waals surface area contributed by atoms with Gasteiger partial charge in [-0.1, -0.05) is 134 Å². The minimum absolute atomic E-state index is 0.142. The second-order valence-electron chi connectivity index (χ2n) is 12.7. The number of carboxylic acid groups (broad SMARTS) is 1. The maximum absolute atomic E-state index is 12.5. The predicted molar refractivity (Wildman–Crippen MR) is 199 cm³/mol. The molecule has 0 radical (unpaired) electrons. The van der Waals surface area contributed by atoms with Gasteiger partial charge >= 0.3 is 25.7 Å². The molecule has 50 heavy (non-hydrogen) atoms. The van der Waals surface area contributed by atoms with Gasteiger partial charge in [0, 0.05) is 12.8 Å². The molecule has 0 saturated carbocycles. The van der Waals surface area contributed by atoms with Gasteiger partial charge in [-0.15, -0.1) is 0 Å². The maximum atomic E-state index is 12.5. The fourth-order valence-corrected chi connectivity index (χ4v) is 5.68. The number of esters is 2. The van der Waals surface area contributed by atoms with Crippen LogP contribution in [0, 0.1) is 0 Å². The van der Waals surface area contributed by atoms with Crippen LogP contribution in [0.2, 0.25) is 0 Å². The lowest BCUT2D eigenvalue weighted by molar-refractivity contribution is -0.161. The summed E-state index contributed by atoms with van der Waals surface area (Å²) in [5, 5.41) is 8.85. The van der Waals surface area contributed by atoms with E-state index in [2.05, 4.69) is 54.8 Å². The highest BCUT2D eigenvalue weighted by Crippen LogP contribution is 2.43. The van der Waals surface area contributed by atoms with E-state index in [9.17, 15) is 23.8 Å². The molecule has 0 amide bonds. The van der Waals surface area contributed by atoms with Gasteiger partial charge in [0.25, 0.3) is 0 Å². The molecule has 0 aromatic rings. The Balaban J connectivity index is 4.47. The molecule has 0 heterocycles. The van der Waals surface area contributed by atoms with Gasteiger partial charge < -0.3 is 25.2 Å². The number of rotatable bonds is 35. The van der Waals surface area contributed by atoms with Crippen LogP contribution in [0.3, 0.4) is 0 Å². The van der Waals surface area contributed by atoms with Crippen molar-refractivity contribution in [3.05, 3.63) is 36.5 Å². The first kappa shape index (κ1) is 47.7. The second kappa shape index (κ2) is 33.8. The monoisotopic (exact) mass is 729 g/mol. The fraction of sp³-hybridized carbons (Fsp3) is 0.763. The van der Waals surface area contributed by atoms with Gasteiger partial charge in [-0.3, -0.25) is 23.4 Å². The topological polar surface area (TPSA) is 172 Å². The Morgan fingerprint density at radius 1 is 0.640 bits per heavy atom. The first-order chi connectivity index (χ1) is 24.1. The van der Waals surface area contributed by atoms with E-state index in [4.69, 9.17) is 24.8 Å². The summed E-state index contributed by atoms with van der Waals surface area (Å²) in [6.07, 6.45) is 33.6. The van der Waals surface area contributed by atoms with Gasteiger partial charge in [0.1, 0.15) is 12.6 Å². The molecule has 12 heteroatoms. The molecule has 0 aliphatic carbocycles. The van der Waals surface area contributed by atoms with E-state index in [0.717, 1.165) is 70.6 Å². The largest absolute Gasteiger partial charge is 0.480 e. The van der Waals surface area contributed by atoms with Crippen LogP contribution in [0.25, 0.3) is 0 Å². The minimum atomic E-state index is -4.71. The van der Waals surface area contributed by atoms with Crippen molar-refractivity contribution in [1.82, 2.24) is 0 Å². The van der Waals surface area contributed by atoms with Crippen LogP contribution in [0.5, 0.6) is 0 Å². The normalized spacial score (nSPS) is 14.3. The zero-order chi connectivity index (χ0) is 37.1. The van der Waals surface area contributed by atoms with Gasteiger partial charge in [-0.25, -0.2) is 4.57 Å². The molecular weight excluding hydrogens is 661 g/mol. The minimum Gasteiger partial charge on any atom is -0.480 e. The Morgan fingerprint density at radius 3 is 1.68 bits per heavy atom. The van der Waals surface area contributed by atoms with Crippen LogP contribution < -0.4 is 5.73 Å². The van der Waals surface area contributed by atoms with Crippen LogP contribution >= 0.6 is 7.82 Å². The Hall–Kier alpha value is -2.30. The highest BCUT2D eigenvalue weighted by atomic mass is 31.2. The molecule has 0 aromatic carbocycles. The molecule has 0 aliphatic rings. The quantitative estimate of drug-likeness (QED) is 0.0246. The van der Waals surface area contributed by atoms with Crippen molar-refractivity contribution in [1.29, 1.82) is 0 Å². The van der Waals surface area contributed by atoms with E-state index in [1.807, 2.05) is 0 Å². The summed E-state index contributed by atoms with van der Waals surface area (Å²) in [6.45, 7) is 2.64. The van der Waals surface area contributed by atoms with Crippen LogP contribution in [-0.2, 0) is 37.5 Å². The maximum Gasteiger partial charge on any atom is 0.472 e. The number of hydrogen-bond acceptors (Lipinski definition) is 9. The molecule has 290 valence electrons. The van der Waals surface area contributed by atoms with Gasteiger partial charge in [-0.05, 0) is 44.9 Å². The number of phosphoric ester groups is 1. The number of aliphatic carboxylic acids is 1. The van der Waals surface area contributed by atoms with Crippen LogP contribution in [0.1, 0.15) is 155 Å². The summed E-state index contributed by atoms with van der Waals surface area (Å²) in [4.78, 5) is 45.7. The summed E-state index contributed by atoms with van der Waals surface area (Å²) in [5.41, 5.74) is 5.31. The number of carbonyl (C=O) groups is 3. The summed E-state index contributed by atoms with van der Waals surface area (Å²) in [5.74, 6) is -2.40. The molecule has 0 rings (SSSR count). The van der Waals surface area contributed by atoms with Gasteiger partial charge in [0.2, 0.25) is 0 Å². The van der Waals surface area contributed by atoms with E-state index in [1.54, 1.807) is 0 Å². The van der Waals surface area contributed by atoms with Gasteiger partial charge in [-0.2, -0.15) is 0 Å². The molecule has 0 bridgehead atoms. The lowest BCUT2D eigenvalue weighted by Gasteiger charge is -2.20. The number of hydrogen-bond donors (Lipinski definition) is 3. The molecule has 3 atom stereocenters. The number of allylic oxidation sites excluding steroid dienone is 6. The van der Waals surface area contributed by atoms with Crippen molar-refractivity contribution >= 4 is 25.7 Å². The van der Waals surface area contributed by atoms with Crippen LogP contribution in [0.4, 0.5) is 0 Å². The van der Waals surface area contributed by atoms with Crippen molar-refractivity contribution in [2.45, 2.75) is 167 Å².